The van der Waals surface area contributed by atoms with Gasteiger partial charge in [0.05, 0.1) is 22.8 Å². The summed E-state index contributed by atoms with van der Waals surface area (Å²) in [5.74, 6) is 1.52. The molecule has 0 saturated carbocycles. The Balaban J connectivity index is 1.38. The second-order valence-corrected chi connectivity index (χ2v) is 11.2. The minimum atomic E-state index is -4.42. The molecule has 4 aromatic rings. The molecule has 0 saturated heterocycles. The normalized spacial score (nSPS) is 14.9. The predicted octanol–water partition coefficient (Wildman–Crippen LogP) is 6.59. The van der Waals surface area contributed by atoms with E-state index in [-0.39, 0.29) is 12.0 Å². The average Bonchev–Trinajstić information content (AvgIpc) is 3.39. The molecule has 0 atom stereocenters. The number of alkyl halides is 3. The van der Waals surface area contributed by atoms with Gasteiger partial charge in [-0.1, -0.05) is 60.2 Å². The van der Waals surface area contributed by atoms with Crippen LogP contribution in [-0.2, 0) is 32.1 Å². The minimum Gasteiger partial charge on any atom is -0.360 e. The number of aromatic nitrogens is 3. The van der Waals surface area contributed by atoms with Crippen molar-refractivity contribution in [1.82, 2.24) is 19.7 Å². The Bertz CT molecular complexity index is 1600. The lowest BCUT2D eigenvalue weighted by Crippen LogP contribution is -2.36. The van der Waals surface area contributed by atoms with E-state index in [1.807, 2.05) is 40.7 Å². The van der Waals surface area contributed by atoms with Crippen LogP contribution in [-0.4, -0.2) is 36.9 Å². The summed E-state index contributed by atoms with van der Waals surface area (Å²) < 4.78 is 42.7. The van der Waals surface area contributed by atoms with Crippen LogP contribution in [0.5, 0.6) is 0 Å². The van der Waals surface area contributed by atoms with Crippen LogP contribution in [0.25, 0.3) is 5.00 Å². The van der Waals surface area contributed by atoms with Crippen LogP contribution in [0.3, 0.4) is 0 Å². The number of aliphatic imine (C=N–C) groups is 1. The number of fused-ring (bicyclic) bond motifs is 5. The number of benzene rings is 2. The molecule has 4 heterocycles. The minimum absolute atomic E-state index is 0.0620. The number of thiocarbonyl (C=S) groups is 1. The average molecular weight is 572 g/mol. The molecule has 194 valence electrons. The summed E-state index contributed by atoms with van der Waals surface area (Å²) in [5.41, 5.74) is 3.42. The van der Waals surface area contributed by atoms with Crippen LogP contribution >= 0.6 is 35.2 Å². The van der Waals surface area contributed by atoms with Crippen LogP contribution in [0, 0.1) is 6.92 Å². The van der Waals surface area contributed by atoms with E-state index in [4.69, 9.17) is 28.8 Å². The monoisotopic (exact) mass is 571 g/mol. The summed E-state index contributed by atoms with van der Waals surface area (Å²) in [6.07, 6.45) is -3.68. The lowest BCUT2D eigenvalue weighted by atomic mass is 9.95. The van der Waals surface area contributed by atoms with Crippen molar-refractivity contribution in [3.05, 3.63) is 97.9 Å². The summed E-state index contributed by atoms with van der Waals surface area (Å²) in [5, 5.41) is 10.2. The van der Waals surface area contributed by atoms with Crippen molar-refractivity contribution in [2.45, 2.75) is 39.0 Å². The maximum absolute atomic E-state index is 13.5. The molecule has 0 amide bonds. The Morgan fingerprint density at radius 1 is 1.11 bits per heavy atom. The van der Waals surface area contributed by atoms with Gasteiger partial charge in [0.1, 0.15) is 17.4 Å². The lowest BCUT2D eigenvalue weighted by molar-refractivity contribution is -0.138. The van der Waals surface area contributed by atoms with E-state index in [2.05, 4.69) is 10.2 Å². The molecule has 0 bridgehead atoms. The number of hydrogen-bond acceptors (Lipinski definition) is 5. The summed E-state index contributed by atoms with van der Waals surface area (Å²) in [6.45, 7) is 3.42. The highest BCUT2D eigenvalue weighted by atomic mass is 35.5. The molecular formula is C27H21ClF3N5S2. The highest BCUT2D eigenvalue weighted by Crippen LogP contribution is 2.41. The summed E-state index contributed by atoms with van der Waals surface area (Å²) in [4.78, 5) is 8.55. The molecule has 0 fully saturated rings. The van der Waals surface area contributed by atoms with Gasteiger partial charge in [-0.2, -0.15) is 13.2 Å². The van der Waals surface area contributed by atoms with Gasteiger partial charge in [0.15, 0.2) is 5.82 Å². The highest BCUT2D eigenvalue weighted by Gasteiger charge is 2.35. The fourth-order valence-electron chi connectivity index (χ4n) is 5.10. The molecule has 0 aliphatic carbocycles. The smallest absolute Gasteiger partial charge is 0.360 e. The molecule has 0 spiro atoms. The SMILES string of the molecule is Cc1nnc2n1-c1sc3c(c1C(c1ccccc1Cl)=NC2)CCN(C(=S)Cc1ccccc1C(F)(F)F)C3. The summed E-state index contributed by atoms with van der Waals surface area (Å²) >= 11 is 13.9. The first-order valence-corrected chi connectivity index (χ1v) is 13.6. The van der Waals surface area contributed by atoms with Crippen LogP contribution < -0.4 is 0 Å². The summed E-state index contributed by atoms with van der Waals surface area (Å²) in [6, 6.07) is 13.3. The number of hydrogen-bond donors (Lipinski definition) is 0. The third-order valence-electron chi connectivity index (χ3n) is 6.89. The number of halogens is 4. The zero-order chi connectivity index (χ0) is 26.6. The number of aryl methyl sites for hydroxylation is 1. The van der Waals surface area contributed by atoms with E-state index in [9.17, 15) is 13.2 Å². The molecule has 6 rings (SSSR count). The van der Waals surface area contributed by atoms with Crippen LogP contribution in [0.2, 0.25) is 5.02 Å². The fraction of sp³-hybridized carbons (Fsp3) is 0.259. The van der Waals surface area contributed by atoms with Gasteiger partial charge in [-0.25, -0.2) is 0 Å². The Morgan fingerprint density at radius 2 is 1.87 bits per heavy atom. The lowest BCUT2D eigenvalue weighted by Gasteiger charge is -2.30. The zero-order valence-electron chi connectivity index (χ0n) is 20.2. The molecule has 2 aliphatic heterocycles. The standard InChI is InChI=1S/C27H21ClF3N5S2/c1-15-33-34-22-13-32-25(17-7-3-5-9-20(17)28)24-18-10-11-35(14-21(18)38-26(24)36(15)22)23(37)12-16-6-2-4-8-19(16)27(29,30)31/h2-9H,10-14H2,1H3. The Morgan fingerprint density at radius 3 is 2.66 bits per heavy atom. The van der Waals surface area contributed by atoms with E-state index in [1.165, 1.54) is 17.7 Å². The molecule has 0 unspecified atom stereocenters. The second-order valence-electron chi connectivity index (χ2n) is 9.22. The zero-order valence-corrected chi connectivity index (χ0v) is 22.6. The first-order chi connectivity index (χ1) is 18.2. The molecule has 0 radical (unpaired) electrons. The van der Waals surface area contributed by atoms with Crippen molar-refractivity contribution in [2.75, 3.05) is 6.54 Å². The largest absolute Gasteiger partial charge is 0.416 e. The van der Waals surface area contributed by atoms with Crippen molar-refractivity contribution in [3.8, 4) is 5.00 Å². The van der Waals surface area contributed by atoms with Gasteiger partial charge in [0.25, 0.3) is 0 Å². The van der Waals surface area contributed by atoms with E-state index in [0.29, 0.717) is 36.1 Å². The van der Waals surface area contributed by atoms with E-state index in [0.717, 1.165) is 44.4 Å². The highest BCUT2D eigenvalue weighted by molar-refractivity contribution is 7.80. The molecule has 5 nitrogen and oxygen atoms in total. The topological polar surface area (TPSA) is 46.3 Å². The summed E-state index contributed by atoms with van der Waals surface area (Å²) in [7, 11) is 0. The maximum Gasteiger partial charge on any atom is 0.416 e. The van der Waals surface area contributed by atoms with Gasteiger partial charge in [0.2, 0.25) is 0 Å². The first kappa shape index (κ1) is 25.2. The molecule has 0 N–H and O–H groups in total. The molecule has 38 heavy (non-hydrogen) atoms. The van der Waals surface area contributed by atoms with Gasteiger partial charge in [-0.05, 0) is 36.6 Å². The van der Waals surface area contributed by atoms with Crippen molar-refractivity contribution >= 4 is 45.9 Å². The number of thiophene rings is 1. The molecule has 2 aromatic heterocycles. The van der Waals surface area contributed by atoms with Crippen molar-refractivity contribution in [3.63, 3.8) is 0 Å². The van der Waals surface area contributed by atoms with Gasteiger partial charge < -0.3 is 4.90 Å². The van der Waals surface area contributed by atoms with Crippen LogP contribution in [0.4, 0.5) is 13.2 Å². The third kappa shape index (κ3) is 4.34. The third-order valence-corrected chi connectivity index (χ3v) is 8.83. The molecule has 2 aromatic carbocycles. The van der Waals surface area contributed by atoms with Crippen molar-refractivity contribution in [1.29, 1.82) is 0 Å². The Labute approximate surface area is 231 Å². The van der Waals surface area contributed by atoms with Gasteiger partial charge in [0, 0.05) is 34.0 Å². The second kappa shape index (κ2) is 9.59. The van der Waals surface area contributed by atoms with E-state index in [1.54, 1.807) is 17.4 Å². The maximum atomic E-state index is 13.5. The number of rotatable bonds is 3. The van der Waals surface area contributed by atoms with Crippen molar-refractivity contribution < 1.29 is 13.2 Å². The molecular weight excluding hydrogens is 551 g/mol. The Kier molecular flexibility index (Phi) is 6.36. The molecule has 11 heteroatoms. The van der Waals surface area contributed by atoms with E-state index >= 15 is 0 Å². The number of nitrogens with zero attached hydrogens (tertiary/aromatic N) is 5. The Hall–Kier alpha value is -3.08. The fourth-order valence-corrected chi connectivity index (χ4v) is 7.07. The van der Waals surface area contributed by atoms with E-state index < -0.39 is 11.7 Å². The van der Waals surface area contributed by atoms with Gasteiger partial charge >= 0.3 is 6.18 Å². The van der Waals surface area contributed by atoms with Crippen LogP contribution in [0.1, 0.15) is 44.3 Å². The van der Waals surface area contributed by atoms with Gasteiger partial charge in [-0.15, -0.1) is 21.5 Å². The predicted molar refractivity (Wildman–Crippen MR) is 147 cm³/mol. The first-order valence-electron chi connectivity index (χ1n) is 12.0. The van der Waals surface area contributed by atoms with Crippen LogP contribution in [0.15, 0.2) is 53.5 Å². The quantitative estimate of drug-likeness (QED) is 0.260. The molecule has 2 aliphatic rings. The van der Waals surface area contributed by atoms with Crippen molar-refractivity contribution in [2.24, 2.45) is 4.99 Å². The van der Waals surface area contributed by atoms with Gasteiger partial charge in [-0.3, -0.25) is 9.56 Å².